The summed E-state index contributed by atoms with van der Waals surface area (Å²) in [5.41, 5.74) is 1.69. The topological polar surface area (TPSA) is 43.8 Å². The maximum absolute atomic E-state index is 13.6. The summed E-state index contributed by atoms with van der Waals surface area (Å²) in [5.74, 6) is 0.314. The molecule has 1 saturated heterocycles. The highest BCUT2D eigenvalue weighted by atomic mass is 79.9. The third kappa shape index (κ3) is 3.80. The van der Waals surface area contributed by atoms with E-state index in [2.05, 4.69) is 45.7 Å². The minimum atomic E-state index is -1.50. The van der Waals surface area contributed by atoms with Crippen LogP contribution < -0.4 is 9.80 Å². The van der Waals surface area contributed by atoms with Gasteiger partial charge in [-0.05, 0) is 60.0 Å². The molecule has 1 fully saturated rings. The monoisotopic (exact) mass is 528 g/mol. The van der Waals surface area contributed by atoms with Crippen molar-refractivity contribution in [2.45, 2.75) is 25.5 Å². The number of halogens is 2. The second kappa shape index (κ2) is 8.17. The number of carbonyl (C=O) groups excluding carboxylic acids is 1. The zero-order valence-electron chi connectivity index (χ0n) is 16.7. The number of hydrogen-bond donors (Lipinski definition) is 1. The van der Waals surface area contributed by atoms with Gasteiger partial charge in [0.05, 0.1) is 6.54 Å². The minimum Gasteiger partial charge on any atom is -0.365 e. The smallest absolute Gasteiger partial charge is 0.331 e. The molecule has 1 aliphatic rings. The SMILES string of the molecule is CC(C)c1cccc(C2(O)CN(c3ccc(Br)cc3)C(=O)N2c2ccc(Br)cc2)c1. The van der Waals surface area contributed by atoms with Gasteiger partial charge in [0.15, 0.2) is 5.72 Å². The molecule has 1 aliphatic heterocycles. The number of anilines is 2. The average molecular weight is 530 g/mol. The Bertz CT molecular complexity index is 1070. The van der Waals surface area contributed by atoms with Gasteiger partial charge in [-0.3, -0.25) is 9.80 Å². The fraction of sp³-hybridized carbons (Fsp3) is 0.208. The van der Waals surface area contributed by atoms with Gasteiger partial charge in [-0.2, -0.15) is 0 Å². The van der Waals surface area contributed by atoms with Crippen LogP contribution in [-0.4, -0.2) is 17.7 Å². The molecule has 2 amide bonds. The zero-order chi connectivity index (χ0) is 21.5. The number of nitrogens with zero attached hydrogens (tertiary/aromatic N) is 2. The Hall–Kier alpha value is -2.15. The average Bonchev–Trinajstić information content (AvgIpc) is 3.01. The van der Waals surface area contributed by atoms with Gasteiger partial charge in [-0.15, -0.1) is 0 Å². The molecule has 1 heterocycles. The Morgan fingerprint density at radius 2 is 1.47 bits per heavy atom. The Balaban J connectivity index is 1.84. The Kier molecular flexibility index (Phi) is 5.75. The third-order valence-electron chi connectivity index (χ3n) is 5.41. The van der Waals surface area contributed by atoms with E-state index in [0.29, 0.717) is 17.2 Å². The summed E-state index contributed by atoms with van der Waals surface area (Å²) in [6.07, 6.45) is 0. The molecule has 3 aromatic rings. The maximum atomic E-state index is 13.6. The van der Waals surface area contributed by atoms with Crippen LogP contribution in [-0.2, 0) is 5.72 Å². The van der Waals surface area contributed by atoms with Crippen molar-refractivity contribution in [3.8, 4) is 0 Å². The summed E-state index contributed by atoms with van der Waals surface area (Å²) in [5, 5.41) is 12.0. The summed E-state index contributed by atoms with van der Waals surface area (Å²) >= 11 is 6.88. The molecule has 0 bridgehead atoms. The van der Waals surface area contributed by atoms with Crippen LogP contribution in [0.2, 0.25) is 0 Å². The van der Waals surface area contributed by atoms with Crippen molar-refractivity contribution in [1.82, 2.24) is 0 Å². The van der Waals surface area contributed by atoms with E-state index >= 15 is 0 Å². The first-order valence-corrected chi connectivity index (χ1v) is 11.3. The van der Waals surface area contributed by atoms with E-state index in [4.69, 9.17) is 0 Å². The Morgan fingerprint density at radius 1 is 0.900 bits per heavy atom. The third-order valence-corrected chi connectivity index (χ3v) is 6.47. The van der Waals surface area contributed by atoms with Gasteiger partial charge in [0.2, 0.25) is 0 Å². The van der Waals surface area contributed by atoms with Gasteiger partial charge in [0.25, 0.3) is 0 Å². The molecule has 0 spiro atoms. The molecule has 0 aromatic heterocycles. The van der Waals surface area contributed by atoms with Gasteiger partial charge in [0, 0.05) is 25.9 Å². The van der Waals surface area contributed by atoms with Gasteiger partial charge in [-0.1, -0.05) is 70.0 Å². The quantitative estimate of drug-likeness (QED) is 0.412. The molecule has 1 N–H and O–H groups in total. The van der Waals surface area contributed by atoms with Crippen LogP contribution in [0.15, 0.2) is 81.7 Å². The fourth-order valence-corrected chi connectivity index (χ4v) is 4.27. The highest BCUT2D eigenvalue weighted by molar-refractivity contribution is 9.10. The van der Waals surface area contributed by atoms with Gasteiger partial charge in [0.1, 0.15) is 0 Å². The van der Waals surface area contributed by atoms with E-state index in [0.717, 1.165) is 20.2 Å². The van der Waals surface area contributed by atoms with E-state index in [-0.39, 0.29) is 12.6 Å². The van der Waals surface area contributed by atoms with Crippen LogP contribution in [0.25, 0.3) is 0 Å². The first kappa shape index (κ1) is 21.1. The molecule has 30 heavy (non-hydrogen) atoms. The highest BCUT2D eigenvalue weighted by Gasteiger charge is 2.51. The molecule has 1 unspecified atom stereocenters. The molecule has 0 aliphatic carbocycles. The van der Waals surface area contributed by atoms with Gasteiger partial charge < -0.3 is 5.11 Å². The van der Waals surface area contributed by atoms with Crippen molar-refractivity contribution in [3.05, 3.63) is 92.9 Å². The molecular formula is C24H22Br2N2O2. The molecule has 154 valence electrons. The number of rotatable bonds is 4. The normalized spacial score (nSPS) is 19.1. The summed E-state index contributed by atoms with van der Waals surface area (Å²) in [6.45, 7) is 4.36. The second-order valence-corrected chi connectivity index (χ2v) is 9.59. The van der Waals surface area contributed by atoms with E-state index in [1.165, 1.54) is 4.90 Å². The largest absolute Gasteiger partial charge is 0.365 e. The zero-order valence-corrected chi connectivity index (χ0v) is 19.9. The van der Waals surface area contributed by atoms with E-state index in [1.54, 1.807) is 4.90 Å². The number of hydrogen-bond acceptors (Lipinski definition) is 2. The van der Waals surface area contributed by atoms with Crippen LogP contribution >= 0.6 is 31.9 Å². The van der Waals surface area contributed by atoms with Crippen LogP contribution in [0.5, 0.6) is 0 Å². The van der Waals surface area contributed by atoms with Crippen molar-refractivity contribution < 1.29 is 9.90 Å². The first-order chi connectivity index (χ1) is 14.3. The van der Waals surface area contributed by atoms with Crippen molar-refractivity contribution in [2.75, 3.05) is 16.3 Å². The second-order valence-electron chi connectivity index (χ2n) is 7.75. The molecule has 4 rings (SSSR count). The molecule has 4 nitrogen and oxygen atoms in total. The Morgan fingerprint density at radius 3 is 2.03 bits per heavy atom. The summed E-state index contributed by atoms with van der Waals surface area (Å²) in [6, 6.07) is 22.5. The number of amides is 2. The van der Waals surface area contributed by atoms with Gasteiger partial charge >= 0.3 is 6.03 Å². The summed E-state index contributed by atoms with van der Waals surface area (Å²) < 4.78 is 1.84. The predicted molar refractivity (Wildman–Crippen MR) is 128 cm³/mol. The van der Waals surface area contributed by atoms with Crippen molar-refractivity contribution in [1.29, 1.82) is 0 Å². The number of aliphatic hydroxyl groups is 1. The lowest BCUT2D eigenvalue weighted by Crippen LogP contribution is -2.45. The minimum absolute atomic E-state index is 0.130. The van der Waals surface area contributed by atoms with E-state index in [1.807, 2.05) is 72.8 Å². The van der Waals surface area contributed by atoms with Crippen molar-refractivity contribution in [3.63, 3.8) is 0 Å². The lowest BCUT2D eigenvalue weighted by molar-refractivity contribution is 0.0654. The van der Waals surface area contributed by atoms with E-state index < -0.39 is 5.72 Å². The van der Waals surface area contributed by atoms with Crippen molar-refractivity contribution in [2.24, 2.45) is 0 Å². The van der Waals surface area contributed by atoms with E-state index in [9.17, 15) is 9.90 Å². The molecule has 0 radical (unpaired) electrons. The number of urea groups is 1. The lowest BCUT2D eigenvalue weighted by Gasteiger charge is -2.32. The molecular weight excluding hydrogens is 508 g/mol. The predicted octanol–water partition coefficient (Wildman–Crippen LogP) is 6.63. The molecule has 6 heteroatoms. The standard InChI is InChI=1S/C24H22Br2N2O2/c1-16(2)17-4-3-5-18(14-17)24(30)15-27(21-10-6-19(25)7-11-21)23(29)28(24)22-12-8-20(26)9-13-22/h3-14,16,30H,15H2,1-2H3. The van der Waals surface area contributed by atoms with Crippen LogP contribution in [0.1, 0.15) is 30.9 Å². The van der Waals surface area contributed by atoms with Crippen LogP contribution in [0, 0.1) is 0 Å². The highest BCUT2D eigenvalue weighted by Crippen LogP contribution is 2.41. The lowest BCUT2D eigenvalue weighted by atomic mass is 9.95. The molecule has 0 saturated carbocycles. The van der Waals surface area contributed by atoms with Crippen LogP contribution in [0.4, 0.5) is 16.2 Å². The molecule has 3 aromatic carbocycles. The van der Waals surface area contributed by atoms with Gasteiger partial charge in [-0.25, -0.2) is 4.79 Å². The molecule has 1 atom stereocenters. The maximum Gasteiger partial charge on any atom is 0.331 e. The number of carbonyl (C=O) groups is 1. The fourth-order valence-electron chi connectivity index (χ4n) is 3.74. The van der Waals surface area contributed by atoms with Crippen molar-refractivity contribution >= 4 is 49.3 Å². The number of β-amino-alcohol motifs (C(OH)–C–C–N with tert-alkyl or cyclic N) is 1. The summed E-state index contributed by atoms with van der Waals surface area (Å²) in [4.78, 5) is 16.7. The summed E-state index contributed by atoms with van der Waals surface area (Å²) in [7, 11) is 0. The van der Waals surface area contributed by atoms with Crippen LogP contribution in [0.3, 0.4) is 0 Å². The number of benzene rings is 3. The Labute approximate surface area is 193 Å². The first-order valence-electron chi connectivity index (χ1n) is 9.75.